The van der Waals surface area contributed by atoms with Crippen LogP contribution in [0.1, 0.15) is 10.4 Å². The maximum absolute atomic E-state index is 12.5. The number of hydrogen-bond acceptors (Lipinski definition) is 6. The van der Waals surface area contributed by atoms with E-state index in [9.17, 15) is 13.2 Å². The van der Waals surface area contributed by atoms with Crippen LogP contribution in [0.3, 0.4) is 0 Å². The molecule has 6 nitrogen and oxygen atoms in total. The predicted molar refractivity (Wildman–Crippen MR) is 94.2 cm³/mol. The Labute approximate surface area is 143 Å². The summed E-state index contributed by atoms with van der Waals surface area (Å²) in [4.78, 5) is 18.5. The van der Waals surface area contributed by atoms with E-state index in [1.165, 1.54) is 22.2 Å². The zero-order valence-electron chi connectivity index (χ0n) is 13.2. The third-order valence-corrected chi connectivity index (χ3v) is 5.95. The highest BCUT2D eigenvalue weighted by molar-refractivity contribution is 7.87. The first kappa shape index (κ1) is 16.7. The molecule has 0 spiro atoms. The van der Waals surface area contributed by atoms with E-state index in [1.807, 2.05) is 13.8 Å². The first-order valence-electron chi connectivity index (χ1n) is 7.30. The lowest BCUT2D eigenvalue weighted by atomic mass is 10.2. The molecule has 0 amide bonds. The van der Waals surface area contributed by atoms with Gasteiger partial charge in [-0.2, -0.15) is 8.42 Å². The van der Waals surface area contributed by atoms with Gasteiger partial charge in [-0.3, -0.25) is 9.36 Å². The summed E-state index contributed by atoms with van der Waals surface area (Å²) >= 11 is 1.46. The Morgan fingerprint density at radius 2 is 1.92 bits per heavy atom. The molecule has 0 saturated heterocycles. The van der Waals surface area contributed by atoms with Crippen LogP contribution < -0.4 is 9.74 Å². The van der Waals surface area contributed by atoms with E-state index in [-0.39, 0.29) is 23.6 Å². The van der Waals surface area contributed by atoms with E-state index in [0.29, 0.717) is 10.2 Å². The number of nitrogens with zero attached hydrogens (tertiary/aromatic N) is 2. The summed E-state index contributed by atoms with van der Waals surface area (Å²) in [5, 5.41) is 0.557. The van der Waals surface area contributed by atoms with Gasteiger partial charge in [0.15, 0.2) is 0 Å². The molecule has 1 aromatic carbocycles. The van der Waals surface area contributed by atoms with E-state index in [4.69, 9.17) is 4.18 Å². The van der Waals surface area contributed by atoms with E-state index in [2.05, 4.69) is 4.98 Å². The molecule has 0 N–H and O–H groups in total. The second kappa shape index (κ2) is 6.37. The maximum Gasteiger partial charge on any atom is 0.310 e. The number of hydrogen-bond donors (Lipinski definition) is 0. The van der Waals surface area contributed by atoms with Crippen molar-refractivity contribution >= 4 is 31.7 Å². The summed E-state index contributed by atoms with van der Waals surface area (Å²) in [5.74, 6) is -0.0559. The minimum absolute atomic E-state index is 0.00866. The Morgan fingerprint density at radius 3 is 2.62 bits per heavy atom. The third kappa shape index (κ3) is 3.34. The van der Waals surface area contributed by atoms with Crippen LogP contribution in [0.5, 0.6) is 5.75 Å². The molecule has 2 heterocycles. The fourth-order valence-corrected chi connectivity index (χ4v) is 4.20. The number of thiophene rings is 1. The summed E-state index contributed by atoms with van der Waals surface area (Å²) in [6, 6.07) is 8.28. The van der Waals surface area contributed by atoms with Gasteiger partial charge in [-0.05, 0) is 31.5 Å². The third-order valence-electron chi connectivity index (χ3n) is 3.70. The molecular weight excluding hydrogens is 348 g/mol. The van der Waals surface area contributed by atoms with Crippen molar-refractivity contribution in [2.45, 2.75) is 20.4 Å². The molecular formula is C16H16N2O4S2. The van der Waals surface area contributed by atoms with E-state index < -0.39 is 10.1 Å². The minimum atomic E-state index is -3.79. The van der Waals surface area contributed by atoms with Crippen molar-refractivity contribution < 1.29 is 12.6 Å². The topological polar surface area (TPSA) is 78.3 Å². The highest BCUT2D eigenvalue weighted by Gasteiger charge is 2.16. The molecule has 126 valence electrons. The zero-order valence-corrected chi connectivity index (χ0v) is 14.9. The highest BCUT2D eigenvalue weighted by Crippen LogP contribution is 2.25. The molecule has 0 saturated carbocycles. The molecule has 0 bridgehead atoms. The Balaban J connectivity index is 1.82. The lowest BCUT2D eigenvalue weighted by Crippen LogP contribution is -2.26. The largest absolute Gasteiger partial charge is 0.382 e. The molecule has 0 unspecified atom stereocenters. The molecule has 24 heavy (non-hydrogen) atoms. The van der Waals surface area contributed by atoms with Crippen molar-refractivity contribution in [2.75, 3.05) is 5.75 Å². The fourth-order valence-electron chi connectivity index (χ4n) is 2.30. The second-order valence-corrected chi connectivity index (χ2v) is 8.26. The first-order valence-corrected chi connectivity index (χ1v) is 9.69. The first-order chi connectivity index (χ1) is 11.4. The Bertz CT molecular complexity index is 1040. The van der Waals surface area contributed by atoms with Crippen LogP contribution in [0.25, 0.3) is 10.2 Å². The van der Waals surface area contributed by atoms with Crippen LogP contribution in [0.4, 0.5) is 0 Å². The molecule has 0 aliphatic heterocycles. The number of para-hydroxylation sites is 1. The standard InChI is InChI=1S/C16H16N2O4S2/c1-11-12(2)23-15-14(11)16(19)18(10-17-15)8-9-24(20,21)22-13-6-4-3-5-7-13/h3-7,10H,8-9H2,1-2H3. The lowest BCUT2D eigenvalue weighted by molar-refractivity contribution is 0.480. The van der Waals surface area contributed by atoms with Gasteiger partial charge < -0.3 is 4.18 Å². The van der Waals surface area contributed by atoms with E-state index >= 15 is 0 Å². The molecule has 2 aromatic heterocycles. The summed E-state index contributed by atoms with van der Waals surface area (Å²) in [7, 11) is -3.79. The molecule has 0 fully saturated rings. The van der Waals surface area contributed by atoms with Crippen molar-refractivity contribution in [3.63, 3.8) is 0 Å². The smallest absolute Gasteiger partial charge is 0.310 e. The van der Waals surface area contributed by atoms with Crippen molar-refractivity contribution in [1.29, 1.82) is 0 Å². The van der Waals surface area contributed by atoms with Crippen LogP contribution >= 0.6 is 11.3 Å². The number of fused-ring (bicyclic) bond motifs is 1. The SMILES string of the molecule is Cc1sc2ncn(CCS(=O)(=O)Oc3ccccc3)c(=O)c2c1C. The average Bonchev–Trinajstić information content (AvgIpc) is 2.83. The van der Waals surface area contributed by atoms with Crippen LogP contribution in [-0.4, -0.2) is 23.7 Å². The second-order valence-electron chi connectivity index (χ2n) is 5.36. The average molecular weight is 364 g/mol. The summed E-state index contributed by atoms with van der Waals surface area (Å²) < 4.78 is 30.5. The molecule has 0 aliphatic carbocycles. The van der Waals surface area contributed by atoms with E-state index in [1.54, 1.807) is 30.3 Å². The van der Waals surface area contributed by atoms with Crippen molar-refractivity contribution in [3.8, 4) is 5.75 Å². The molecule has 0 atom stereocenters. The molecule has 0 radical (unpaired) electrons. The van der Waals surface area contributed by atoms with Crippen molar-refractivity contribution in [1.82, 2.24) is 9.55 Å². The number of aryl methyl sites for hydroxylation is 3. The van der Waals surface area contributed by atoms with E-state index in [0.717, 1.165) is 10.4 Å². The summed E-state index contributed by atoms with van der Waals surface area (Å²) in [6.07, 6.45) is 1.39. The molecule has 3 aromatic rings. The quantitative estimate of drug-likeness (QED) is 0.650. The van der Waals surface area contributed by atoms with Crippen LogP contribution in [0.2, 0.25) is 0 Å². The lowest BCUT2D eigenvalue weighted by Gasteiger charge is -2.08. The van der Waals surface area contributed by atoms with Gasteiger partial charge in [0.25, 0.3) is 5.56 Å². The number of aromatic nitrogens is 2. The Morgan fingerprint density at radius 1 is 1.21 bits per heavy atom. The van der Waals surface area contributed by atoms with Gasteiger partial charge in [0, 0.05) is 11.4 Å². The Hall–Kier alpha value is -2.19. The van der Waals surface area contributed by atoms with Crippen LogP contribution in [0.15, 0.2) is 41.5 Å². The number of rotatable bonds is 5. The molecule has 3 rings (SSSR count). The molecule has 0 aliphatic rings. The van der Waals surface area contributed by atoms with Gasteiger partial charge in [0.1, 0.15) is 16.3 Å². The predicted octanol–water partition coefficient (Wildman–Crippen LogP) is 2.48. The van der Waals surface area contributed by atoms with Gasteiger partial charge in [0.2, 0.25) is 0 Å². The van der Waals surface area contributed by atoms with Gasteiger partial charge in [-0.25, -0.2) is 4.98 Å². The van der Waals surface area contributed by atoms with Crippen molar-refractivity contribution in [3.05, 3.63) is 57.5 Å². The molecule has 8 heteroatoms. The van der Waals surface area contributed by atoms with Gasteiger partial charge in [-0.15, -0.1) is 11.3 Å². The van der Waals surface area contributed by atoms with Gasteiger partial charge in [0.05, 0.1) is 11.7 Å². The fraction of sp³-hybridized carbons (Fsp3) is 0.250. The van der Waals surface area contributed by atoms with Crippen LogP contribution in [-0.2, 0) is 16.7 Å². The van der Waals surface area contributed by atoms with Crippen LogP contribution in [0, 0.1) is 13.8 Å². The monoisotopic (exact) mass is 364 g/mol. The summed E-state index contributed by atoms with van der Waals surface area (Å²) in [6.45, 7) is 3.80. The zero-order chi connectivity index (χ0) is 17.3. The summed E-state index contributed by atoms with van der Waals surface area (Å²) in [5.41, 5.74) is 0.669. The maximum atomic E-state index is 12.5. The van der Waals surface area contributed by atoms with Crippen molar-refractivity contribution in [2.24, 2.45) is 0 Å². The minimum Gasteiger partial charge on any atom is -0.382 e. The highest BCUT2D eigenvalue weighted by atomic mass is 32.2. The normalized spacial score (nSPS) is 11.8. The van der Waals surface area contributed by atoms with Gasteiger partial charge >= 0.3 is 10.1 Å². The Kier molecular flexibility index (Phi) is 4.42. The van der Waals surface area contributed by atoms with Gasteiger partial charge in [-0.1, -0.05) is 18.2 Å². The number of benzene rings is 1.